The molecule has 0 radical (unpaired) electrons. The minimum atomic E-state index is -3.63. The first-order valence-electron chi connectivity index (χ1n) is 9.24. The Hall–Kier alpha value is -1.86. The van der Waals surface area contributed by atoms with Crippen LogP contribution in [0.4, 0.5) is 5.69 Å². The molecule has 1 aliphatic carbocycles. The lowest BCUT2D eigenvalue weighted by Gasteiger charge is -2.19. The van der Waals surface area contributed by atoms with Crippen LogP contribution in [0, 0.1) is 5.92 Å². The highest BCUT2D eigenvalue weighted by atomic mass is 32.2. The van der Waals surface area contributed by atoms with Gasteiger partial charge >= 0.3 is 0 Å². The number of rotatable bonds is 7. The standard InChI is InChI=1S/C19H26N2O4S/c1-2-25-17-10-9-16(20-19(22)13-15-7-3-4-8-15)14-18(17)26(23,24)21-11-5-6-12-21/h3,7,9-10,14-15H,2,4-6,8,11-13H2,1H3,(H,20,22). The molecule has 0 spiro atoms. The summed E-state index contributed by atoms with van der Waals surface area (Å²) < 4.78 is 33.0. The summed E-state index contributed by atoms with van der Waals surface area (Å²) in [6.07, 6.45) is 8.32. The van der Waals surface area contributed by atoms with Gasteiger partial charge < -0.3 is 10.1 Å². The van der Waals surface area contributed by atoms with Crippen LogP contribution in [0.5, 0.6) is 5.75 Å². The van der Waals surface area contributed by atoms with Gasteiger partial charge in [0.2, 0.25) is 15.9 Å². The fraction of sp³-hybridized carbons (Fsp3) is 0.526. The Labute approximate surface area is 155 Å². The Kier molecular flexibility index (Phi) is 5.98. The highest BCUT2D eigenvalue weighted by molar-refractivity contribution is 7.89. The summed E-state index contributed by atoms with van der Waals surface area (Å²) in [5.74, 6) is 0.497. The number of hydrogen-bond donors (Lipinski definition) is 1. The third-order valence-electron chi connectivity index (χ3n) is 4.77. The number of allylic oxidation sites excluding steroid dienone is 2. The molecule has 1 fully saturated rings. The highest BCUT2D eigenvalue weighted by Crippen LogP contribution is 2.32. The van der Waals surface area contributed by atoms with Gasteiger partial charge in [-0.15, -0.1) is 0 Å². The molecule has 7 heteroatoms. The molecule has 2 aliphatic rings. The maximum Gasteiger partial charge on any atom is 0.246 e. The van der Waals surface area contributed by atoms with Crippen molar-refractivity contribution >= 4 is 21.6 Å². The SMILES string of the molecule is CCOc1ccc(NC(=O)CC2C=CCC2)cc1S(=O)(=O)N1CCCC1. The summed E-state index contributed by atoms with van der Waals surface area (Å²) >= 11 is 0. The molecule has 1 unspecified atom stereocenters. The molecule has 1 N–H and O–H groups in total. The predicted molar refractivity (Wildman–Crippen MR) is 101 cm³/mol. The first-order chi connectivity index (χ1) is 12.5. The minimum absolute atomic E-state index is 0.102. The molecule has 6 nitrogen and oxygen atoms in total. The number of ether oxygens (including phenoxy) is 1. The summed E-state index contributed by atoms with van der Waals surface area (Å²) in [6, 6.07) is 4.83. The molecule has 1 saturated heterocycles. The van der Waals surface area contributed by atoms with Crippen LogP contribution >= 0.6 is 0 Å². The normalized spacial score (nSPS) is 20.4. The third kappa shape index (κ3) is 4.27. The molecule has 1 aromatic carbocycles. The maximum absolute atomic E-state index is 13.0. The van der Waals surface area contributed by atoms with E-state index in [0.29, 0.717) is 37.6 Å². The van der Waals surface area contributed by atoms with Crippen LogP contribution in [0.15, 0.2) is 35.2 Å². The summed E-state index contributed by atoms with van der Waals surface area (Å²) in [6.45, 7) is 3.25. The van der Waals surface area contributed by atoms with Crippen molar-refractivity contribution in [1.82, 2.24) is 4.31 Å². The monoisotopic (exact) mass is 378 g/mol. The van der Waals surface area contributed by atoms with E-state index < -0.39 is 10.0 Å². The van der Waals surface area contributed by atoms with Crippen LogP contribution in [0.3, 0.4) is 0 Å². The van der Waals surface area contributed by atoms with E-state index >= 15 is 0 Å². The molecular formula is C19H26N2O4S. The lowest BCUT2D eigenvalue weighted by atomic mass is 10.1. The van der Waals surface area contributed by atoms with Gasteiger partial charge in [-0.3, -0.25) is 4.79 Å². The summed E-state index contributed by atoms with van der Waals surface area (Å²) in [5.41, 5.74) is 0.484. The van der Waals surface area contributed by atoms with Crippen molar-refractivity contribution in [3.05, 3.63) is 30.4 Å². The lowest BCUT2D eigenvalue weighted by molar-refractivity contribution is -0.116. The average Bonchev–Trinajstić information content (AvgIpc) is 3.30. The van der Waals surface area contributed by atoms with E-state index in [4.69, 9.17) is 4.74 Å². The van der Waals surface area contributed by atoms with Gasteiger partial charge in [0.05, 0.1) is 6.61 Å². The fourth-order valence-corrected chi connectivity index (χ4v) is 5.12. The molecule has 0 bridgehead atoms. The average molecular weight is 378 g/mol. The number of nitrogens with zero attached hydrogens (tertiary/aromatic N) is 1. The van der Waals surface area contributed by atoms with Gasteiger partial charge in [0.25, 0.3) is 0 Å². The molecular weight excluding hydrogens is 352 g/mol. The van der Waals surface area contributed by atoms with Gasteiger partial charge in [0.1, 0.15) is 10.6 Å². The Balaban J connectivity index is 1.81. The molecule has 1 amide bonds. The molecule has 1 aromatic rings. The van der Waals surface area contributed by atoms with E-state index in [1.165, 1.54) is 10.4 Å². The zero-order valence-electron chi connectivity index (χ0n) is 15.1. The van der Waals surface area contributed by atoms with Crippen LogP contribution < -0.4 is 10.1 Å². The van der Waals surface area contributed by atoms with E-state index in [1.807, 2.05) is 6.92 Å². The number of amides is 1. The minimum Gasteiger partial charge on any atom is -0.492 e. The van der Waals surface area contributed by atoms with Crippen molar-refractivity contribution in [2.24, 2.45) is 5.92 Å². The summed E-state index contributed by atoms with van der Waals surface area (Å²) in [4.78, 5) is 12.4. The Morgan fingerprint density at radius 1 is 1.31 bits per heavy atom. The van der Waals surface area contributed by atoms with E-state index in [0.717, 1.165) is 25.7 Å². The van der Waals surface area contributed by atoms with Gasteiger partial charge in [-0.2, -0.15) is 4.31 Å². The van der Waals surface area contributed by atoms with Gasteiger partial charge in [-0.25, -0.2) is 8.42 Å². The topological polar surface area (TPSA) is 75.7 Å². The van der Waals surface area contributed by atoms with Crippen molar-refractivity contribution in [1.29, 1.82) is 0 Å². The molecule has 0 aromatic heterocycles. The molecule has 1 aliphatic heterocycles. The fourth-order valence-electron chi connectivity index (χ4n) is 3.45. The van der Waals surface area contributed by atoms with Crippen molar-refractivity contribution in [3.8, 4) is 5.75 Å². The number of anilines is 1. The smallest absolute Gasteiger partial charge is 0.246 e. The van der Waals surface area contributed by atoms with Crippen molar-refractivity contribution in [2.45, 2.75) is 43.9 Å². The summed E-state index contributed by atoms with van der Waals surface area (Å²) in [5, 5.41) is 2.83. The van der Waals surface area contributed by atoms with Crippen LogP contribution in [0.25, 0.3) is 0 Å². The predicted octanol–water partition coefficient (Wildman–Crippen LogP) is 3.16. The first-order valence-corrected chi connectivity index (χ1v) is 10.7. The summed E-state index contributed by atoms with van der Waals surface area (Å²) in [7, 11) is -3.63. The van der Waals surface area contributed by atoms with Crippen molar-refractivity contribution in [2.75, 3.05) is 25.0 Å². The van der Waals surface area contributed by atoms with E-state index in [2.05, 4.69) is 17.5 Å². The number of carbonyl (C=O) groups is 1. The second-order valence-electron chi connectivity index (χ2n) is 6.72. The molecule has 1 atom stereocenters. The third-order valence-corrected chi connectivity index (χ3v) is 6.69. The van der Waals surface area contributed by atoms with Crippen LogP contribution in [-0.2, 0) is 14.8 Å². The molecule has 1 heterocycles. The van der Waals surface area contributed by atoms with E-state index in [-0.39, 0.29) is 16.7 Å². The van der Waals surface area contributed by atoms with Crippen LogP contribution in [0.1, 0.15) is 39.0 Å². The zero-order chi connectivity index (χ0) is 18.6. The second-order valence-corrected chi connectivity index (χ2v) is 8.63. The van der Waals surface area contributed by atoms with Gasteiger partial charge in [-0.05, 0) is 56.7 Å². The van der Waals surface area contributed by atoms with Gasteiger partial charge in [0, 0.05) is 25.2 Å². The highest BCUT2D eigenvalue weighted by Gasteiger charge is 2.30. The molecule has 3 rings (SSSR count). The largest absolute Gasteiger partial charge is 0.492 e. The Morgan fingerprint density at radius 3 is 2.73 bits per heavy atom. The Bertz CT molecular complexity index is 783. The number of benzene rings is 1. The number of nitrogens with one attached hydrogen (secondary N) is 1. The van der Waals surface area contributed by atoms with Crippen LogP contribution in [-0.4, -0.2) is 38.3 Å². The maximum atomic E-state index is 13.0. The Morgan fingerprint density at radius 2 is 2.08 bits per heavy atom. The first kappa shape index (κ1) is 18.9. The molecule has 0 saturated carbocycles. The lowest BCUT2D eigenvalue weighted by Crippen LogP contribution is -2.28. The van der Waals surface area contributed by atoms with Crippen molar-refractivity contribution in [3.63, 3.8) is 0 Å². The number of hydrogen-bond acceptors (Lipinski definition) is 4. The molecule has 142 valence electrons. The second kappa shape index (κ2) is 8.22. The number of carbonyl (C=O) groups excluding carboxylic acids is 1. The van der Waals surface area contributed by atoms with E-state index in [1.54, 1.807) is 12.1 Å². The molecule has 26 heavy (non-hydrogen) atoms. The van der Waals surface area contributed by atoms with Crippen LogP contribution in [0.2, 0.25) is 0 Å². The van der Waals surface area contributed by atoms with Gasteiger partial charge in [0.15, 0.2) is 0 Å². The van der Waals surface area contributed by atoms with Crippen molar-refractivity contribution < 1.29 is 17.9 Å². The quantitative estimate of drug-likeness (QED) is 0.740. The van der Waals surface area contributed by atoms with E-state index in [9.17, 15) is 13.2 Å². The number of sulfonamides is 1. The van der Waals surface area contributed by atoms with Gasteiger partial charge in [-0.1, -0.05) is 12.2 Å². The zero-order valence-corrected chi connectivity index (χ0v) is 15.9.